The van der Waals surface area contributed by atoms with E-state index < -0.39 is 0 Å². The maximum Gasteiger partial charge on any atom is -0.0410 e. The number of hydrogen-bond acceptors (Lipinski definition) is 0. The second-order valence-corrected chi connectivity index (χ2v) is 18.4. The molecule has 0 bridgehead atoms. The number of hydrogen-bond donors (Lipinski definition) is 0. The van der Waals surface area contributed by atoms with Gasteiger partial charge >= 0.3 is 41.9 Å². The summed E-state index contributed by atoms with van der Waals surface area (Å²) in [5.74, 6) is 0. The molecule has 0 aliphatic carbocycles. The summed E-state index contributed by atoms with van der Waals surface area (Å²) >= 11 is 1.74. The van der Waals surface area contributed by atoms with Gasteiger partial charge in [0.05, 0.1) is 0 Å². The second-order valence-electron chi connectivity index (χ2n) is 9.03. The van der Waals surface area contributed by atoms with Gasteiger partial charge in [0.2, 0.25) is 0 Å². The topological polar surface area (TPSA) is 0 Å². The average molecular weight is 605 g/mol. The molecule has 0 N–H and O–H groups in total. The molecule has 0 aromatic heterocycles. The third-order valence-corrected chi connectivity index (χ3v) is 5.78. The number of halogens is 2. The first-order valence-electron chi connectivity index (χ1n) is 11.7. The molecule has 0 radical (unpaired) electrons. The first-order valence-corrected chi connectivity index (χ1v) is 17.9. The van der Waals surface area contributed by atoms with Crippen LogP contribution in [-0.2, 0) is 23.3 Å². The summed E-state index contributed by atoms with van der Waals surface area (Å²) < 4.78 is 0. The van der Waals surface area contributed by atoms with Gasteiger partial charge in [-0.3, -0.25) is 0 Å². The summed E-state index contributed by atoms with van der Waals surface area (Å²) in [7, 11) is 0. The Balaban J connectivity index is 0.000000211. The van der Waals surface area contributed by atoms with Crippen LogP contribution in [0.15, 0.2) is 109 Å². The summed E-state index contributed by atoms with van der Waals surface area (Å²) in [6.07, 6.45) is 0. The fourth-order valence-corrected chi connectivity index (χ4v) is 4.25. The molecule has 0 atom stereocenters. The Labute approximate surface area is 242 Å². The fourth-order valence-electron chi connectivity index (χ4n) is 4.25. The van der Waals surface area contributed by atoms with Crippen molar-refractivity contribution in [2.24, 2.45) is 0 Å². The zero-order chi connectivity index (χ0) is 24.1. The molecule has 0 spiro atoms. The number of fused-ring (bicyclic) bond motifs is 4. The normalized spacial score (nSPS) is 9.94. The minimum absolute atomic E-state index is 0. The summed E-state index contributed by atoms with van der Waals surface area (Å²) in [5, 5.41) is 8.12. The van der Waals surface area contributed by atoms with Gasteiger partial charge < -0.3 is 24.8 Å². The molecule has 0 fully saturated rings. The summed E-state index contributed by atoms with van der Waals surface area (Å²) in [4.78, 5) is 0. The van der Waals surface area contributed by atoms with Gasteiger partial charge in [0.1, 0.15) is 0 Å². The van der Waals surface area contributed by atoms with Gasteiger partial charge in [-0.25, -0.2) is 0 Å². The van der Waals surface area contributed by atoms with Crippen LogP contribution >= 0.6 is 0 Å². The monoisotopic (exact) mass is 602 g/mol. The molecule has 0 saturated carbocycles. The zero-order valence-corrected chi connectivity index (χ0v) is 26.1. The molecule has 0 saturated heterocycles. The average Bonchev–Trinajstić information content (AvgIpc) is 3.41. The molecule has 6 aromatic rings. The molecule has 0 unspecified atom stereocenters. The summed E-state index contributed by atoms with van der Waals surface area (Å²) in [6.45, 7) is 8.91. The van der Waals surface area contributed by atoms with Crippen LogP contribution in [0.2, 0.25) is 13.1 Å². The molecular weight excluding hydrogens is 575 g/mol. The predicted molar refractivity (Wildman–Crippen MR) is 149 cm³/mol. The maximum absolute atomic E-state index is 2.31. The van der Waals surface area contributed by atoms with Crippen molar-refractivity contribution in [3.8, 4) is 11.1 Å². The standard InChI is InChI=1S/C15H13.C15H11.C2H6Si.2ClH.Zr/c1-10-3-5-12-9-13-6-4-11(2)8-15(13)14(12)7-10;1-2-6-12(7-3-1)15-11-10-13-8-4-5-9-14(13)15;1-3-2;;;/h3-9H,1-2H3;1-11H;1-2H3;2*1H;/q2*-1;;;;+2/p-2. The van der Waals surface area contributed by atoms with Gasteiger partial charge in [-0.15, -0.1) is 86.4 Å². The molecule has 6 rings (SSSR count). The van der Waals surface area contributed by atoms with Crippen LogP contribution in [0.25, 0.3) is 43.4 Å². The Morgan fingerprint density at radius 2 is 1.11 bits per heavy atom. The van der Waals surface area contributed by atoms with Gasteiger partial charge in [0.25, 0.3) is 0 Å². The zero-order valence-electron chi connectivity index (χ0n) is 21.1. The van der Waals surface area contributed by atoms with Crippen LogP contribution in [0.3, 0.4) is 0 Å². The third kappa shape index (κ3) is 7.53. The van der Waals surface area contributed by atoms with E-state index in [1.165, 1.54) is 54.6 Å². The minimum Gasteiger partial charge on any atom is -1.00 e. The number of aryl methyl sites for hydroxylation is 2. The molecule has 0 aliphatic rings. The Morgan fingerprint density at radius 3 is 1.67 bits per heavy atom. The number of rotatable bonds is 1. The quantitative estimate of drug-likeness (QED) is 0.200. The van der Waals surface area contributed by atoms with Crippen LogP contribution in [0.1, 0.15) is 11.1 Å². The van der Waals surface area contributed by atoms with Gasteiger partial charge in [-0.2, -0.15) is 0 Å². The van der Waals surface area contributed by atoms with Crippen molar-refractivity contribution in [2.45, 2.75) is 26.9 Å². The van der Waals surface area contributed by atoms with E-state index in [0.29, 0.717) is 0 Å². The molecule has 4 heteroatoms. The van der Waals surface area contributed by atoms with E-state index in [2.05, 4.69) is 136 Å². The minimum atomic E-state index is 0. The van der Waals surface area contributed by atoms with E-state index in [4.69, 9.17) is 0 Å². The van der Waals surface area contributed by atoms with E-state index in [1.807, 2.05) is 0 Å². The van der Waals surface area contributed by atoms with Gasteiger partial charge in [0, 0.05) is 0 Å². The van der Waals surface area contributed by atoms with E-state index >= 15 is 0 Å². The molecule has 182 valence electrons. The Bertz CT molecular complexity index is 1500. The molecular formula is C32H30Cl2SiZr-2. The molecule has 0 aliphatic heterocycles. The van der Waals surface area contributed by atoms with Crippen molar-refractivity contribution >= 4 is 37.8 Å². The van der Waals surface area contributed by atoms with Crippen molar-refractivity contribution in [3.63, 3.8) is 0 Å². The Kier molecular flexibility index (Phi) is 11.9. The van der Waals surface area contributed by atoms with Crippen LogP contribution in [-0.4, -0.2) is 5.43 Å². The van der Waals surface area contributed by atoms with E-state index in [0.717, 1.165) is 0 Å². The SMILES string of the molecule is C[Si](C)=[Zr+2].Cc1ccc2[cH-]c3ccc(C)cc3c2c1.[Cl-].[Cl-].c1ccc(-c2c[cH-]c3ccccc23)cc1. The Hall–Kier alpha value is -1.96. The van der Waals surface area contributed by atoms with Crippen LogP contribution < -0.4 is 24.8 Å². The van der Waals surface area contributed by atoms with Crippen LogP contribution in [0, 0.1) is 13.8 Å². The van der Waals surface area contributed by atoms with Crippen molar-refractivity contribution in [2.75, 3.05) is 0 Å². The summed E-state index contributed by atoms with van der Waals surface area (Å²) in [5.41, 5.74) is 5.49. The molecule has 36 heavy (non-hydrogen) atoms. The maximum atomic E-state index is 2.31. The van der Waals surface area contributed by atoms with Crippen molar-refractivity contribution in [1.29, 1.82) is 0 Å². The van der Waals surface area contributed by atoms with Gasteiger partial charge in [0.15, 0.2) is 0 Å². The van der Waals surface area contributed by atoms with E-state index in [1.54, 1.807) is 23.3 Å². The first-order chi connectivity index (χ1) is 16.4. The van der Waals surface area contributed by atoms with Gasteiger partial charge in [-0.1, -0.05) is 77.4 Å². The fraction of sp³-hybridized carbons (Fsp3) is 0.125. The summed E-state index contributed by atoms with van der Waals surface area (Å²) in [6, 6.07) is 39.0. The van der Waals surface area contributed by atoms with Crippen LogP contribution in [0.4, 0.5) is 0 Å². The Morgan fingerprint density at radius 1 is 0.611 bits per heavy atom. The van der Waals surface area contributed by atoms with Crippen molar-refractivity contribution in [3.05, 3.63) is 120 Å². The van der Waals surface area contributed by atoms with Gasteiger partial charge in [-0.05, 0) is 13.8 Å². The molecule has 6 aromatic carbocycles. The van der Waals surface area contributed by atoms with Crippen molar-refractivity contribution < 1.29 is 48.1 Å². The third-order valence-electron chi connectivity index (χ3n) is 5.78. The molecule has 0 nitrogen and oxygen atoms in total. The largest absolute Gasteiger partial charge is 1.00 e. The van der Waals surface area contributed by atoms with E-state index in [-0.39, 0.29) is 30.2 Å². The van der Waals surface area contributed by atoms with Crippen LogP contribution in [0.5, 0.6) is 0 Å². The first kappa shape index (κ1) is 30.3. The number of benzene rings is 4. The second kappa shape index (κ2) is 14.1. The predicted octanol–water partition coefficient (Wildman–Crippen LogP) is 3.35. The smallest absolute Gasteiger partial charge is 0.0410 e. The van der Waals surface area contributed by atoms with Crippen molar-refractivity contribution in [1.82, 2.24) is 0 Å². The molecule has 0 amide bonds. The molecule has 0 heterocycles. The van der Waals surface area contributed by atoms with E-state index in [9.17, 15) is 0 Å².